The lowest BCUT2D eigenvalue weighted by Gasteiger charge is -2.21. The molecule has 0 atom stereocenters. The zero-order valence-electron chi connectivity index (χ0n) is 12.1. The maximum Gasteiger partial charge on any atom is 0.580 e. The van der Waals surface area contributed by atoms with Gasteiger partial charge in [-0.2, -0.15) is 0 Å². The van der Waals surface area contributed by atoms with E-state index in [4.69, 9.17) is 13.0 Å². The number of aliphatic imine (C=N–C) groups is 1. The quantitative estimate of drug-likeness (QED) is 0.559. The van der Waals surface area contributed by atoms with E-state index in [1.807, 2.05) is 19.2 Å². The summed E-state index contributed by atoms with van der Waals surface area (Å²) in [6, 6.07) is 6.41. The largest absolute Gasteiger partial charge is 0.580 e. The van der Waals surface area contributed by atoms with Crippen molar-refractivity contribution in [3.63, 3.8) is 0 Å². The summed E-state index contributed by atoms with van der Waals surface area (Å²) in [5.41, 5.74) is 6.81. The monoisotopic (exact) mass is 262 g/mol. The van der Waals surface area contributed by atoms with Crippen LogP contribution in [0.3, 0.4) is 0 Å². The Hall–Kier alpha value is -2.10. The van der Waals surface area contributed by atoms with Crippen molar-refractivity contribution in [1.82, 2.24) is 0 Å². The standard InChI is InChI=1S/C16H17BN3/c1-19(2)13-4-6-15-11(9-13)8-12-10-14(20(3)17)5-7-16(12)18-15/h4-7,9-10H,8H2,1-3H3/q+1. The first kappa shape index (κ1) is 12.9. The lowest BCUT2D eigenvalue weighted by Crippen LogP contribution is -2.19. The van der Waals surface area contributed by atoms with E-state index < -0.39 is 0 Å². The highest BCUT2D eigenvalue weighted by Crippen LogP contribution is 2.32. The van der Waals surface area contributed by atoms with Crippen LogP contribution >= 0.6 is 0 Å². The SMILES string of the molecule is [B][N+](C)=C1C=CC2=Nc3ccc(N(C)C)cc3CC2=C1. The molecule has 0 saturated carbocycles. The van der Waals surface area contributed by atoms with Gasteiger partial charge in [0.2, 0.25) is 0 Å². The van der Waals surface area contributed by atoms with E-state index in [0.717, 1.165) is 23.5 Å². The van der Waals surface area contributed by atoms with Gasteiger partial charge in [-0.15, -0.1) is 0 Å². The minimum atomic E-state index is 0.900. The molecule has 1 aliphatic heterocycles. The molecule has 0 aromatic heterocycles. The van der Waals surface area contributed by atoms with Crippen LogP contribution in [0.2, 0.25) is 0 Å². The summed E-state index contributed by atoms with van der Waals surface area (Å²) < 4.78 is 1.63. The molecular formula is C16H17BN3+. The number of hydrogen-bond donors (Lipinski definition) is 0. The Morgan fingerprint density at radius 1 is 1.25 bits per heavy atom. The second-order valence-electron chi connectivity index (χ2n) is 5.42. The van der Waals surface area contributed by atoms with Gasteiger partial charge in [-0.3, -0.25) is 0 Å². The second kappa shape index (κ2) is 4.78. The highest BCUT2D eigenvalue weighted by atomic mass is 15.1. The third kappa shape index (κ3) is 2.22. The summed E-state index contributed by atoms with van der Waals surface area (Å²) in [4.78, 5) is 6.84. The molecule has 0 unspecified atom stereocenters. The van der Waals surface area contributed by atoms with Crippen molar-refractivity contribution in [2.45, 2.75) is 6.42 Å². The predicted molar refractivity (Wildman–Crippen MR) is 85.7 cm³/mol. The summed E-state index contributed by atoms with van der Waals surface area (Å²) in [5, 5.41) is 0. The molecule has 0 saturated heterocycles. The fraction of sp³-hybridized carbons (Fsp3) is 0.250. The van der Waals surface area contributed by atoms with E-state index in [2.05, 4.69) is 43.3 Å². The molecule has 3 rings (SSSR count). The Labute approximate surface area is 121 Å². The molecule has 1 heterocycles. The van der Waals surface area contributed by atoms with E-state index in [1.165, 1.54) is 16.8 Å². The molecule has 0 spiro atoms. The maximum atomic E-state index is 5.80. The molecule has 0 N–H and O–H groups in total. The van der Waals surface area contributed by atoms with Gasteiger partial charge in [-0.25, -0.2) is 4.99 Å². The van der Waals surface area contributed by atoms with Crippen LogP contribution in [0.1, 0.15) is 5.56 Å². The highest BCUT2D eigenvalue weighted by Gasteiger charge is 2.20. The van der Waals surface area contributed by atoms with Crippen LogP contribution in [0, 0.1) is 0 Å². The van der Waals surface area contributed by atoms with E-state index >= 15 is 0 Å². The van der Waals surface area contributed by atoms with Gasteiger partial charge >= 0.3 is 7.98 Å². The first-order valence-electron chi connectivity index (χ1n) is 6.68. The Kier molecular flexibility index (Phi) is 3.09. The summed E-state index contributed by atoms with van der Waals surface area (Å²) in [5.74, 6) is 0. The Morgan fingerprint density at radius 3 is 2.75 bits per heavy atom. The van der Waals surface area contributed by atoms with Crippen molar-refractivity contribution < 1.29 is 4.49 Å². The van der Waals surface area contributed by atoms with Crippen molar-refractivity contribution in [3.8, 4) is 0 Å². The third-order valence-corrected chi connectivity index (χ3v) is 3.67. The summed E-state index contributed by atoms with van der Waals surface area (Å²) >= 11 is 0. The maximum absolute atomic E-state index is 5.80. The van der Waals surface area contributed by atoms with Crippen molar-refractivity contribution in [1.29, 1.82) is 0 Å². The molecule has 1 aliphatic carbocycles. The van der Waals surface area contributed by atoms with E-state index in [1.54, 1.807) is 4.49 Å². The van der Waals surface area contributed by atoms with E-state index in [0.29, 0.717) is 0 Å². The topological polar surface area (TPSA) is 18.6 Å². The van der Waals surface area contributed by atoms with E-state index in [9.17, 15) is 0 Å². The number of rotatable bonds is 1. The fourth-order valence-electron chi connectivity index (χ4n) is 2.48. The van der Waals surface area contributed by atoms with Gasteiger partial charge in [-0.05, 0) is 35.4 Å². The van der Waals surface area contributed by atoms with Crippen molar-refractivity contribution in [2.24, 2.45) is 4.99 Å². The molecule has 20 heavy (non-hydrogen) atoms. The van der Waals surface area contributed by atoms with Crippen LogP contribution < -0.4 is 4.90 Å². The number of hydrogen-bond acceptors (Lipinski definition) is 2. The van der Waals surface area contributed by atoms with Gasteiger partial charge < -0.3 is 9.39 Å². The van der Waals surface area contributed by atoms with Gasteiger partial charge in [0.15, 0.2) is 5.71 Å². The molecule has 2 aliphatic rings. The summed E-state index contributed by atoms with van der Waals surface area (Å²) in [6.07, 6.45) is 7.06. The number of benzene rings is 1. The Morgan fingerprint density at radius 2 is 2.05 bits per heavy atom. The molecular weight excluding hydrogens is 245 g/mol. The third-order valence-electron chi connectivity index (χ3n) is 3.67. The lowest BCUT2D eigenvalue weighted by molar-refractivity contribution is -0.332. The highest BCUT2D eigenvalue weighted by molar-refractivity contribution is 6.22. The second-order valence-corrected chi connectivity index (χ2v) is 5.42. The molecule has 0 bridgehead atoms. The average molecular weight is 262 g/mol. The van der Waals surface area contributed by atoms with Gasteiger partial charge in [0, 0.05) is 38.4 Å². The zero-order valence-corrected chi connectivity index (χ0v) is 12.1. The molecule has 1 aromatic rings. The molecule has 98 valence electrons. The first-order chi connectivity index (χ1) is 9.54. The minimum Gasteiger partial charge on any atom is -0.378 e. The molecule has 0 fully saturated rings. The average Bonchev–Trinajstić information content (AvgIpc) is 2.43. The van der Waals surface area contributed by atoms with Gasteiger partial charge in [0.25, 0.3) is 0 Å². The zero-order chi connectivity index (χ0) is 14.3. The summed E-state index contributed by atoms with van der Waals surface area (Å²) in [7, 11) is 11.8. The van der Waals surface area contributed by atoms with Crippen LogP contribution in [0.5, 0.6) is 0 Å². The number of anilines is 1. The normalized spacial score (nSPS) is 18.8. The Bertz CT molecular complexity index is 690. The van der Waals surface area contributed by atoms with Gasteiger partial charge in [0.1, 0.15) is 7.05 Å². The van der Waals surface area contributed by atoms with E-state index in [-0.39, 0.29) is 0 Å². The van der Waals surface area contributed by atoms with Crippen molar-refractivity contribution in [3.05, 3.63) is 47.6 Å². The molecule has 4 heteroatoms. The number of nitrogens with zero attached hydrogens (tertiary/aromatic N) is 3. The molecule has 0 amide bonds. The van der Waals surface area contributed by atoms with Crippen molar-refractivity contribution >= 4 is 30.8 Å². The van der Waals surface area contributed by atoms with Gasteiger partial charge in [0.05, 0.1) is 11.4 Å². The van der Waals surface area contributed by atoms with Crippen LogP contribution in [0.25, 0.3) is 0 Å². The van der Waals surface area contributed by atoms with Crippen LogP contribution in [-0.4, -0.2) is 45.0 Å². The first-order valence-corrected chi connectivity index (χ1v) is 6.68. The number of fused-ring (bicyclic) bond motifs is 2. The van der Waals surface area contributed by atoms with Crippen molar-refractivity contribution in [2.75, 3.05) is 26.0 Å². The molecule has 3 nitrogen and oxygen atoms in total. The van der Waals surface area contributed by atoms with Crippen LogP contribution in [0.4, 0.5) is 11.4 Å². The molecule has 2 radical (unpaired) electrons. The Balaban J connectivity index is 2.06. The summed E-state index contributed by atoms with van der Waals surface area (Å²) in [6.45, 7) is 0. The van der Waals surface area contributed by atoms with Gasteiger partial charge in [-0.1, -0.05) is 0 Å². The number of allylic oxidation sites excluding steroid dienone is 4. The predicted octanol–water partition coefficient (Wildman–Crippen LogP) is 2.04. The van der Waals surface area contributed by atoms with Crippen LogP contribution in [0.15, 0.2) is 47.0 Å². The fourth-order valence-corrected chi connectivity index (χ4v) is 2.48. The van der Waals surface area contributed by atoms with Crippen LogP contribution in [-0.2, 0) is 6.42 Å². The molecule has 1 aromatic carbocycles. The lowest BCUT2D eigenvalue weighted by atomic mass is 9.91. The minimum absolute atomic E-state index is 0.900. The smallest absolute Gasteiger partial charge is 0.378 e.